The van der Waals surface area contributed by atoms with E-state index in [0.29, 0.717) is 18.2 Å². The van der Waals surface area contributed by atoms with Crippen LogP contribution in [-0.2, 0) is 13.5 Å². The number of methoxy groups -OCH3 is 1. The van der Waals surface area contributed by atoms with Crippen molar-refractivity contribution in [2.45, 2.75) is 6.42 Å². The topological polar surface area (TPSA) is 108 Å². The number of anilines is 2. The molecule has 0 aliphatic heterocycles. The molecule has 0 atom stereocenters. The van der Waals surface area contributed by atoms with Crippen LogP contribution < -0.4 is 10.1 Å². The van der Waals surface area contributed by atoms with E-state index in [9.17, 15) is 0 Å². The Kier molecular flexibility index (Phi) is 4.71. The average molecular weight is 413 g/mol. The molecule has 0 spiro atoms. The zero-order valence-corrected chi connectivity index (χ0v) is 17.0. The van der Waals surface area contributed by atoms with E-state index in [1.54, 1.807) is 24.2 Å². The number of hydrogen-bond donors (Lipinski definition) is 1. The summed E-state index contributed by atoms with van der Waals surface area (Å²) in [7, 11) is 3.45. The van der Waals surface area contributed by atoms with Gasteiger partial charge in [0, 0.05) is 37.1 Å². The van der Waals surface area contributed by atoms with Gasteiger partial charge in [-0.15, -0.1) is 10.2 Å². The number of fused-ring (bicyclic) bond motifs is 1. The van der Waals surface area contributed by atoms with Crippen LogP contribution in [0.1, 0.15) is 11.5 Å². The van der Waals surface area contributed by atoms with Gasteiger partial charge in [-0.05, 0) is 24.3 Å². The Labute approximate surface area is 177 Å². The number of ether oxygens (including phenoxy) is 1. The molecule has 10 nitrogen and oxygen atoms in total. The SMILES string of the molecule is COc1cccc(Cc2nnc3cc(-c4ccnc(Nc5ccnn5C)n4)ccn23)n1. The number of nitrogens with one attached hydrogen (secondary N) is 1. The molecule has 0 aliphatic rings. The van der Waals surface area contributed by atoms with Crippen molar-refractivity contribution >= 4 is 17.4 Å². The summed E-state index contributed by atoms with van der Waals surface area (Å²) in [5.74, 6) is 2.67. The van der Waals surface area contributed by atoms with Crippen LogP contribution in [0, 0.1) is 0 Å². The van der Waals surface area contributed by atoms with Crippen LogP contribution in [0.4, 0.5) is 11.8 Å². The van der Waals surface area contributed by atoms with Crippen molar-refractivity contribution < 1.29 is 4.74 Å². The third kappa shape index (κ3) is 3.78. The Hall–Kier alpha value is -4.34. The van der Waals surface area contributed by atoms with Gasteiger partial charge in [-0.1, -0.05) is 6.07 Å². The highest BCUT2D eigenvalue weighted by Gasteiger charge is 2.11. The van der Waals surface area contributed by atoms with E-state index in [-0.39, 0.29) is 0 Å². The maximum Gasteiger partial charge on any atom is 0.228 e. The molecule has 0 aromatic carbocycles. The molecule has 5 aromatic heterocycles. The van der Waals surface area contributed by atoms with E-state index in [1.165, 1.54) is 0 Å². The lowest BCUT2D eigenvalue weighted by molar-refractivity contribution is 0.396. The van der Waals surface area contributed by atoms with Crippen LogP contribution in [-0.4, -0.2) is 46.4 Å². The fourth-order valence-corrected chi connectivity index (χ4v) is 3.24. The fraction of sp³-hybridized carbons (Fsp3) is 0.143. The second-order valence-corrected chi connectivity index (χ2v) is 6.84. The van der Waals surface area contributed by atoms with Crippen LogP contribution in [0.2, 0.25) is 0 Å². The molecule has 5 aromatic rings. The van der Waals surface area contributed by atoms with Gasteiger partial charge in [0.15, 0.2) is 5.65 Å². The van der Waals surface area contributed by atoms with Crippen LogP contribution in [0.5, 0.6) is 5.88 Å². The minimum absolute atomic E-state index is 0.493. The predicted octanol–water partition coefficient (Wildman–Crippen LogP) is 2.66. The summed E-state index contributed by atoms with van der Waals surface area (Å²) < 4.78 is 8.86. The molecule has 0 radical (unpaired) electrons. The van der Waals surface area contributed by atoms with E-state index in [4.69, 9.17) is 4.74 Å². The second kappa shape index (κ2) is 7.82. The number of rotatable bonds is 6. The number of aryl methyl sites for hydroxylation is 1. The van der Waals surface area contributed by atoms with Gasteiger partial charge in [0.1, 0.15) is 11.6 Å². The zero-order valence-electron chi connectivity index (χ0n) is 17.0. The molecular formula is C21H19N9O. The summed E-state index contributed by atoms with van der Waals surface area (Å²) in [6, 6.07) is 13.3. The Morgan fingerprint density at radius 3 is 2.81 bits per heavy atom. The van der Waals surface area contributed by atoms with Crippen molar-refractivity contribution in [1.29, 1.82) is 0 Å². The fourth-order valence-electron chi connectivity index (χ4n) is 3.24. The highest BCUT2D eigenvalue weighted by molar-refractivity contribution is 5.65. The van der Waals surface area contributed by atoms with Gasteiger partial charge in [-0.2, -0.15) is 5.10 Å². The van der Waals surface area contributed by atoms with E-state index < -0.39 is 0 Å². The lowest BCUT2D eigenvalue weighted by Crippen LogP contribution is -2.03. The normalized spacial score (nSPS) is 11.0. The molecule has 0 saturated carbocycles. The molecule has 5 heterocycles. The highest BCUT2D eigenvalue weighted by Crippen LogP contribution is 2.21. The zero-order chi connectivity index (χ0) is 21.2. The maximum atomic E-state index is 5.20. The Bertz CT molecular complexity index is 1360. The number of pyridine rings is 2. The minimum atomic E-state index is 0.493. The lowest BCUT2D eigenvalue weighted by Gasteiger charge is -2.07. The standard InChI is InChI=1S/C21H19N9O/c1-29-17(7-10-23-29)26-21-22-9-6-16(25-21)14-8-11-30-18(12-14)27-28-19(30)13-15-4-3-5-20(24-15)31-2/h3-12H,13H2,1-2H3,(H,22,25,26). The van der Waals surface area contributed by atoms with Crippen molar-refractivity contribution in [3.63, 3.8) is 0 Å². The first kappa shape index (κ1) is 18.7. The van der Waals surface area contributed by atoms with Gasteiger partial charge in [-0.25, -0.2) is 15.0 Å². The van der Waals surface area contributed by atoms with Crippen molar-refractivity contribution in [2.75, 3.05) is 12.4 Å². The summed E-state index contributed by atoms with van der Waals surface area (Å²) in [6.07, 6.45) is 5.92. The van der Waals surface area contributed by atoms with E-state index in [1.807, 2.05) is 60.1 Å². The van der Waals surface area contributed by atoms with Crippen LogP contribution >= 0.6 is 0 Å². The number of hydrogen-bond acceptors (Lipinski definition) is 8. The summed E-state index contributed by atoms with van der Waals surface area (Å²) in [6.45, 7) is 0. The molecule has 0 unspecified atom stereocenters. The second-order valence-electron chi connectivity index (χ2n) is 6.84. The van der Waals surface area contributed by atoms with Gasteiger partial charge < -0.3 is 10.1 Å². The van der Waals surface area contributed by atoms with Crippen LogP contribution in [0.25, 0.3) is 16.9 Å². The van der Waals surface area contributed by atoms with Crippen molar-refractivity contribution in [3.8, 4) is 17.1 Å². The Balaban J connectivity index is 1.42. The van der Waals surface area contributed by atoms with Gasteiger partial charge >= 0.3 is 0 Å². The van der Waals surface area contributed by atoms with E-state index in [2.05, 4.69) is 35.6 Å². The van der Waals surface area contributed by atoms with Crippen molar-refractivity contribution in [1.82, 2.24) is 39.3 Å². The predicted molar refractivity (Wildman–Crippen MR) is 114 cm³/mol. The summed E-state index contributed by atoms with van der Waals surface area (Å²) in [5.41, 5.74) is 3.29. The quantitative estimate of drug-likeness (QED) is 0.453. The molecule has 10 heteroatoms. The molecule has 0 bridgehead atoms. The molecular weight excluding hydrogens is 394 g/mol. The molecule has 31 heavy (non-hydrogen) atoms. The third-order valence-electron chi connectivity index (χ3n) is 4.82. The van der Waals surface area contributed by atoms with Gasteiger partial charge in [-0.3, -0.25) is 9.08 Å². The molecule has 0 saturated heterocycles. The van der Waals surface area contributed by atoms with E-state index >= 15 is 0 Å². The summed E-state index contributed by atoms with van der Waals surface area (Å²) in [4.78, 5) is 13.4. The summed E-state index contributed by atoms with van der Waals surface area (Å²) in [5, 5.41) is 16.0. The third-order valence-corrected chi connectivity index (χ3v) is 4.82. The smallest absolute Gasteiger partial charge is 0.228 e. The first-order valence-corrected chi connectivity index (χ1v) is 9.61. The number of aromatic nitrogens is 8. The van der Waals surface area contributed by atoms with Crippen molar-refractivity contribution in [3.05, 3.63) is 72.6 Å². The molecule has 1 N–H and O–H groups in total. The first-order valence-electron chi connectivity index (χ1n) is 9.61. The number of nitrogens with zero attached hydrogens (tertiary/aromatic N) is 8. The van der Waals surface area contributed by atoms with Gasteiger partial charge in [0.25, 0.3) is 0 Å². The van der Waals surface area contributed by atoms with Gasteiger partial charge in [0.05, 0.1) is 31.1 Å². The lowest BCUT2D eigenvalue weighted by atomic mass is 10.2. The van der Waals surface area contributed by atoms with Crippen LogP contribution in [0.3, 0.4) is 0 Å². The molecule has 0 amide bonds. The van der Waals surface area contributed by atoms with Gasteiger partial charge in [0.2, 0.25) is 11.8 Å². The molecule has 0 aliphatic carbocycles. The highest BCUT2D eigenvalue weighted by atomic mass is 16.5. The average Bonchev–Trinajstić information content (AvgIpc) is 3.39. The van der Waals surface area contributed by atoms with Crippen molar-refractivity contribution in [2.24, 2.45) is 7.05 Å². The first-order chi connectivity index (χ1) is 15.2. The monoisotopic (exact) mass is 413 g/mol. The largest absolute Gasteiger partial charge is 0.481 e. The van der Waals surface area contributed by atoms with E-state index in [0.717, 1.165) is 34.2 Å². The molecule has 5 rings (SSSR count). The molecule has 0 fully saturated rings. The maximum absolute atomic E-state index is 5.20. The Morgan fingerprint density at radius 1 is 1.03 bits per heavy atom. The Morgan fingerprint density at radius 2 is 1.97 bits per heavy atom. The summed E-state index contributed by atoms with van der Waals surface area (Å²) >= 11 is 0. The molecule has 154 valence electrons. The van der Waals surface area contributed by atoms with Crippen LogP contribution in [0.15, 0.2) is 61.1 Å². The minimum Gasteiger partial charge on any atom is -0.481 e.